The number of hydrogen-bond donors (Lipinski definition) is 2. The molecule has 2 N–H and O–H groups in total. The maximum absolute atomic E-state index is 13.0. The van der Waals surface area contributed by atoms with Crippen LogP contribution in [0.5, 0.6) is 0 Å². The van der Waals surface area contributed by atoms with E-state index in [1.54, 1.807) is 4.90 Å². The lowest BCUT2D eigenvalue weighted by Crippen LogP contribution is -2.45. The molecule has 0 radical (unpaired) electrons. The zero-order chi connectivity index (χ0) is 24.1. The van der Waals surface area contributed by atoms with Gasteiger partial charge in [-0.1, -0.05) is 48.5 Å². The summed E-state index contributed by atoms with van der Waals surface area (Å²) in [6, 6.07) is 16.4. The highest BCUT2D eigenvalue weighted by Crippen LogP contribution is 2.52. The molecule has 3 fully saturated rings. The first kappa shape index (κ1) is 22.1. The van der Waals surface area contributed by atoms with Crippen LogP contribution in [0, 0.1) is 23.7 Å². The lowest BCUT2D eigenvalue weighted by Gasteiger charge is -2.25. The number of hydrogen-bond acceptors (Lipinski definition) is 5. The first-order valence-corrected chi connectivity index (χ1v) is 12.2. The van der Waals surface area contributed by atoms with Gasteiger partial charge in [-0.2, -0.15) is 0 Å². The number of rotatable bonds is 6. The second-order valence-electron chi connectivity index (χ2n) is 9.98. The van der Waals surface area contributed by atoms with Gasteiger partial charge in [0.2, 0.25) is 0 Å². The highest BCUT2D eigenvalue weighted by atomic mass is 16.5. The van der Waals surface area contributed by atoms with E-state index in [2.05, 4.69) is 29.6 Å². The van der Waals surface area contributed by atoms with Gasteiger partial charge in [-0.3, -0.25) is 9.59 Å². The van der Waals surface area contributed by atoms with Crippen molar-refractivity contribution in [3.05, 3.63) is 59.7 Å². The molecule has 2 aliphatic carbocycles. The molecule has 1 unspecified atom stereocenters. The van der Waals surface area contributed by atoms with Gasteiger partial charge >= 0.3 is 12.1 Å². The molecule has 5 atom stereocenters. The summed E-state index contributed by atoms with van der Waals surface area (Å²) >= 11 is 0. The molecule has 1 saturated carbocycles. The third-order valence-electron chi connectivity index (χ3n) is 8.10. The van der Waals surface area contributed by atoms with Crippen molar-refractivity contribution < 1.29 is 29.0 Å². The molecule has 0 bridgehead atoms. The van der Waals surface area contributed by atoms with E-state index in [4.69, 9.17) is 9.47 Å². The molecule has 2 aromatic rings. The molecule has 182 valence electrons. The molecule has 0 aromatic heterocycles. The summed E-state index contributed by atoms with van der Waals surface area (Å²) in [5.74, 6) is -1.18. The number of piperidine rings is 1. The van der Waals surface area contributed by atoms with Gasteiger partial charge in [0.25, 0.3) is 5.91 Å². The Labute approximate surface area is 203 Å². The molecular weight excluding hydrogens is 448 g/mol. The minimum atomic E-state index is -0.769. The highest BCUT2D eigenvalue weighted by Gasteiger charge is 2.61. The van der Waals surface area contributed by atoms with Gasteiger partial charge in [-0.25, -0.2) is 4.79 Å². The maximum atomic E-state index is 13.0. The smallest absolute Gasteiger partial charge is 0.407 e. The Bertz CT molecular complexity index is 1120. The van der Waals surface area contributed by atoms with Crippen molar-refractivity contribution >= 4 is 18.0 Å². The maximum Gasteiger partial charge on any atom is 0.407 e. The second kappa shape index (κ2) is 8.68. The van der Waals surface area contributed by atoms with E-state index in [0.717, 1.165) is 11.1 Å². The normalized spacial score (nSPS) is 28.2. The van der Waals surface area contributed by atoms with Crippen LogP contribution in [-0.4, -0.2) is 66.9 Å². The standard InChI is InChI=1S/C27H28N2O6/c30-25(29-12-20-21(13-29)23(20)26(31)32)24-15(9-10-34-24)11-28-27(33)35-14-22-18-7-3-1-5-16(18)17-6-2-4-8-19(17)22/h1-8,15,20-24H,9-14H2,(H,28,33)(H,31,32)/t15-,20-,21+,23?,24-/m1/s1. The van der Waals surface area contributed by atoms with Crippen molar-refractivity contribution in [1.29, 1.82) is 0 Å². The van der Waals surface area contributed by atoms with Gasteiger partial charge in [0.15, 0.2) is 0 Å². The summed E-state index contributed by atoms with van der Waals surface area (Å²) in [6.45, 7) is 1.96. The van der Waals surface area contributed by atoms with Crippen molar-refractivity contribution in [2.45, 2.75) is 18.4 Å². The molecule has 2 heterocycles. The lowest BCUT2D eigenvalue weighted by molar-refractivity contribution is -0.145. The minimum absolute atomic E-state index is 0.00600. The van der Waals surface area contributed by atoms with Crippen LogP contribution in [0.25, 0.3) is 11.1 Å². The number of carbonyl (C=O) groups is 3. The summed E-state index contributed by atoms with van der Waals surface area (Å²) in [5, 5.41) is 12.0. The average molecular weight is 477 g/mol. The number of likely N-dealkylation sites (tertiary alicyclic amines) is 1. The first-order chi connectivity index (χ1) is 17.0. The Kier molecular flexibility index (Phi) is 5.48. The lowest BCUT2D eigenvalue weighted by atomic mass is 9.98. The number of amides is 2. The molecule has 6 rings (SSSR count). The Morgan fingerprint density at radius 3 is 2.26 bits per heavy atom. The van der Waals surface area contributed by atoms with Crippen molar-refractivity contribution in [3.8, 4) is 11.1 Å². The molecule has 2 aromatic carbocycles. The fourth-order valence-corrected chi connectivity index (χ4v) is 6.23. The molecule has 35 heavy (non-hydrogen) atoms. The number of benzene rings is 2. The van der Waals surface area contributed by atoms with Crippen LogP contribution < -0.4 is 5.32 Å². The first-order valence-electron chi connectivity index (χ1n) is 12.2. The number of alkyl carbamates (subject to hydrolysis) is 1. The fraction of sp³-hybridized carbons (Fsp3) is 0.444. The number of carboxylic acids is 1. The number of fused-ring (bicyclic) bond motifs is 4. The van der Waals surface area contributed by atoms with Crippen LogP contribution in [0.2, 0.25) is 0 Å². The van der Waals surface area contributed by atoms with Crippen LogP contribution in [0.15, 0.2) is 48.5 Å². The van der Waals surface area contributed by atoms with E-state index >= 15 is 0 Å². The molecule has 8 nitrogen and oxygen atoms in total. The molecule has 4 aliphatic rings. The van der Waals surface area contributed by atoms with Crippen LogP contribution in [-0.2, 0) is 19.1 Å². The molecular formula is C27H28N2O6. The average Bonchev–Trinajstić information content (AvgIpc) is 3.22. The molecule has 0 spiro atoms. The van der Waals surface area contributed by atoms with E-state index < -0.39 is 18.2 Å². The Morgan fingerprint density at radius 1 is 1.00 bits per heavy atom. The summed E-state index contributed by atoms with van der Waals surface area (Å²) in [4.78, 5) is 38.4. The van der Waals surface area contributed by atoms with Crippen LogP contribution in [0.4, 0.5) is 4.79 Å². The van der Waals surface area contributed by atoms with E-state index in [-0.39, 0.29) is 42.1 Å². The highest BCUT2D eigenvalue weighted by molar-refractivity contribution is 5.83. The third kappa shape index (κ3) is 3.86. The zero-order valence-corrected chi connectivity index (χ0v) is 19.3. The van der Waals surface area contributed by atoms with Crippen molar-refractivity contribution in [2.24, 2.45) is 23.7 Å². The van der Waals surface area contributed by atoms with E-state index in [1.807, 2.05) is 24.3 Å². The minimum Gasteiger partial charge on any atom is -0.481 e. The predicted molar refractivity (Wildman–Crippen MR) is 126 cm³/mol. The Balaban J connectivity index is 1.02. The largest absolute Gasteiger partial charge is 0.481 e. The summed E-state index contributed by atoms with van der Waals surface area (Å²) in [7, 11) is 0. The Morgan fingerprint density at radius 2 is 1.63 bits per heavy atom. The number of ether oxygens (including phenoxy) is 2. The van der Waals surface area contributed by atoms with E-state index in [0.29, 0.717) is 32.7 Å². The third-order valence-corrected chi connectivity index (χ3v) is 8.10. The van der Waals surface area contributed by atoms with Gasteiger partial charge in [0, 0.05) is 38.1 Å². The zero-order valence-electron chi connectivity index (χ0n) is 19.3. The Hall–Kier alpha value is -3.39. The number of nitrogens with one attached hydrogen (secondary N) is 1. The van der Waals surface area contributed by atoms with Crippen LogP contribution in [0.1, 0.15) is 23.5 Å². The number of carboxylic acid groups (broad SMARTS) is 1. The second-order valence-corrected chi connectivity index (χ2v) is 9.98. The van der Waals surface area contributed by atoms with E-state index in [1.165, 1.54) is 11.1 Å². The van der Waals surface area contributed by atoms with Crippen molar-refractivity contribution in [3.63, 3.8) is 0 Å². The molecule has 2 amide bonds. The van der Waals surface area contributed by atoms with Gasteiger partial charge < -0.3 is 24.8 Å². The van der Waals surface area contributed by atoms with Crippen molar-refractivity contribution in [2.75, 3.05) is 32.8 Å². The number of carbonyl (C=O) groups excluding carboxylic acids is 2. The quantitative estimate of drug-likeness (QED) is 0.664. The topological polar surface area (TPSA) is 105 Å². The molecule has 2 aliphatic heterocycles. The fourth-order valence-electron chi connectivity index (χ4n) is 6.23. The van der Waals surface area contributed by atoms with Gasteiger partial charge in [0.1, 0.15) is 12.7 Å². The molecule has 2 saturated heterocycles. The SMILES string of the molecule is O=C(NC[C@H]1CCO[C@H]1C(=O)N1C[C@@H]2C(C(=O)O)[C@@H]2C1)OCC1c2ccccc2-c2ccccc21. The predicted octanol–water partition coefficient (Wildman–Crippen LogP) is 2.72. The van der Waals surface area contributed by atoms with Gasteiger partial charge in [-0.05, 0) is 40.5 Å². The van der Waals surface area contributed by atoms with Gasteiger partial charge in [0.05, 0.1) is 5.92 Å². The van der Waals surface area contributed by atoms with E-state index in [9.17, 15) is 19.5 Å². The van der Waals surface area contributed by atoms with Crippen molar-refractivity contribution in [1.82, 2.24) is 10.2 Å². The van der Waals surface area contributed by atoms with Gasteiger partial charge in [-0.15, -0.1) is 0 Å². The summed E-state index contributed by atoms with van der Waals surface area (Å²) in [6.07, 6.45) is -0.431. The monoisotopic (exact) mass is 476 g/mol. The number of nitrogens with zero attached hydrogens (tertiary/aromatic N) is 1. The molecule has 8 heteroatoms. The van der Waals surface area contributed by atoms with Crippen LogP contribution >= 0.6 is 0 Å². The van der Waals surface area contributed by atoms with Crippen LogP contribution in [0.3, 0.4) is 0 Å². The summed E-state index contributed by atoms with van der Waals surface area (Å²) < 4.78 is 11.3. The number of aliphatic carboxylic acids is 1. The summed E-state index contributed by atoms with van der Waals surface area (Å²) in [5.41, 5.74) is 4.67.